The monoisotopic (exact) mass is 503 g/mol. The van der Waals surface area contributed by atoms with Gasteiger partial charge in [0.2, 0.25) is 17.7 Å². The minimum atomic E-state index is -1.92. The van der Waals surface area contributed by atoms with Crippen LogP contribution in [0.4, 0.5) is 0 Å². The van der Waals surface area contributed by atoms with Crippen LogP contribution < -0.4 is 21.0 Å². The molecule has 0 spiro atoms. The lowest BCUT2D eigenvalue weighted by Gasteiger charge is -2.33. The number of rotatable bonds is 6. The average molecular weight is 503 g/mol. The first-order chi connectivity index (χ1) is 18.1. The summed E-state index contributed by atoms with van der Waals surface area (Å²) in [5.74, 6) is -1.14. The van der Waals surface area contributed by atoms with E-state index in [-0.39, 0.29) is 72.5 Å². The van der Waals surface area contributed by atoms with Crippen molar-refractivity contribution in [3.63, 3.8) is 0 Å². The summed E-state index contributed by atoms with van der Waals surface area (Å²) in [5.41, 5.74) is 2.04. The van der Waals surface area contributed by atoms with Gasteiger partial charge >= 0.3 is 0 Å². The predicted octanol–water partition coefficient (Wildman–Crippen LogP) is -2.08. The van der Waals surface area contributed by atoms with Gasteiger partial charge in [0.15, 0.2) is 0 Å². The van der Waals surface area contributed by atoms with E-state index in [4.69, 9.17) is 40.9 Å². The lowest BCUT2D eigenvalue weighted by Crippen LogP contribution is -2.52. The summed E-state index contributed by atoms with van der Waals surface area (Å²) in [5, 5.41) is 0.351. The number of amides is 4. The second kappa shape index (κ2) is 10.0. The molecule has 9 nitrogen and oxygen atoms in total. The molecule has 3 aliphatic heterocycles. The molecule has 0 aromatic heterocycles. The highest BCUT2D eigenvalue weighted by atomic mass is 16.5. The number of nitrogens with one attached hydrogen (secondary N) is 1. The molecule has 38 heavy (non-hydrogen) atoms. The third-order valence-electron chi connectivity index (χ3n) is 7.06. The first-order valence-corrected chi connectivity index (χ1v) is 12.1. The minimum absolute atomic E-state index is 0.0148. The van der Waals surface area contributed by atoms with Crippen LogP contribution in [-0.4, -0.2) is 90.6 Å². The van der Waals surface area contributed by atoms with E-state index in [2.05, 4.69) is 5.32 Å². The molecule has 5 rings (SSSR count). The van der Waals surface area contributed by atoms with Gasteiger partial charge < -0.3 is 19.3 Å². The Balaban J connectivity index is 1.38. The van der Waals surface area contributed by atoms with Crippen molar-refractivity contribution in [3.8, 4) is 5.75 Å². The van der Waals surface area contributed by atoms with Crippen LogP contribution in [-0.2, 0) is 37.6 Å². The number of ether oxygens (including phenoxy) is 2. The lowest BCUT2D eigenvalue weighted by molar-refractivity contribution is -0.143. The van der Waals surface area contributed by atoms with E-state index in [9.17, 15) is 19.2 Å². The summed E-state index contributed by atoms with van der Waals surface area (Å²) in [4.78, 5) is 52.2. The lowest BCUT2D eigenvalue weighted by atomic mass is 9.57. The Morgan fingerprint density at radius 3 is 2.61 bits per heavy atom. The smallest absolute Gasteiger partial charge is 0.255 e. The fourth-order valence-electron chi connectivity index (χ4n) is 4.97. The number of benzene rings is 2. The molecule has 2 aromatic rings. The average Bonchev–Trinajstić information content (AvgIpc) is 3.20. The molecule has 13 heteroatoms. The topological polar surface area (TPSA) is 105 Å². The van der Waals surface area contributed by atoms with Gasteiger partial charge in [0.1, 0.15) is 49.8 Å². The van der Waals surface area contributed by atoms with E-state index in [1.165, 1.54) is 4.90 Å². The van der Waals surface area contributed by atoms with Crippen LogP contribution in [0, 0.1) is 0 Å². The standard InChI is InChI=1S/C25H21B4N3O6/c26-21-13(10-31-8-9-37-12-20(31)34)4-5-16(22(21)27)25(28,29)38-18-3-1-2-14-15(18)11-32(24(14)36)17-6-7-19(33)30-23(17)35/h1-5,17H,6-12H2,(H,30,33,35). The summed E-state index contributed by atoms with van der Waals surface area (Å²) in [7, 11) is 25.4. The van der Waals surface area contributed by atoms with E-state index < -0.39 is 17.3 Å². The van der Waals surface area contributed by atoms with Crippen molar-refractivity contribution in [2.24, 2.45) is 0 Å². The first-order valence-electron chi connectivity index (χ1n) is 12.1. The van der Waals surface area contributed by atoms with Crippen molar-refractivity contribution >= 4 is 65.9 Å². The fourth-order valence-corrected chi connectivity index (χ4v) is 4.97. The molecule has 1 unspecified atom stereocenters. The van der Waals surface area contributed by atoms with Crippen molar-refractivity contribution in [2.75, 3.05) is 19.8 Å². The summed E-state index contributed by atoms with van der Waals surface area (Å²) in [6, 6.07) is 7.37. The number of hydrogen-bond donors (Lipinski definition) is 1. The van der Waals surface area contributed by atoms with Gasteiger partial charge in [-0.15, -0.1) is 0 Å². The third-order valence-corrected chi connectivity index (χ3v) is 7.06. The molecule has 1 N–H and O–H groups in total. The van der Waals surface area contributed by atoms with E-state index in [0.717, 1.165) is 0 Å². The van der Waals surface area contributed by atoms with Crippen LogP contribution in [0.5, 0.6) is 5.75 Å². The summed E-state index contributed by atoms with van der Waals surface area (Å²) in [6.07, 6.45) is 0.376. The Hall–Kier alpha value is -3.46. The van der Waals surface area contributed by atoms with Crippen molar-refractivity contribution in [1.29, 1.82) is 0 Å². The van der Waals surface area contributed by atoms with Crippen LogP contribution in [0.25, 0.3) is 0 Å². The van der Waals surface area contributed by atoms with Crippen LogP contribution in [0.15, 0.2) is 30.3 Å². The van der Waals surface area contributed by atoms with Gasteiger partial charge in [-0.2, -0.15) is 0 Å². The predicted molar refractivity (Wildman–Crippen MR) is 140 cm³/mol. The molecule has 184 valence electrons. The normalized spacial score (nSPS) is 19.9. The Kier molecular flexibility index (Phi) is 6.90. The van der Waals surface area contributed by atoms with Crippen molar-refractivity contribution in [3.05, 3.63) is 52.6 Å². The molecule has 2 aromatic carbocycles. The van der Waals surface area contributed by atoms with Crippen LogP contribution in [0.2, 0.25) is 0 Å². The molecule has 1 atom stereocenters. The number of fused-ring (bicyclic) bond motifs is 1. The van der Waals surface area contributed by atoms with Crippen molar-refractivity contribution < 1.29 is 28.7 Å². The zero-order valence-corrected chi connectivity index (χ0v) is 20.6. The number of carbonyl (C=O) groups excluding carboxylic acids is 4. The van der Waals surface area contributed by atoms with Crippen molar-refractivity contribution in [1.82, 2.24) is 15.1 Å². The molecule has 2 saturated heterocycles. The highest BCUT2D eigenvalue weighted by Gasteiger charge is 2.40. The number of piperidine rings is 1. The molecule has 4 amide bonds. The van der Waals surface area contributed by atoms with Gasteiger partial charge in [0.05, 0.1) is 13.2 Å². The van der Waals surface area contributed by atoms with Gasteiger partial charge in [-0.3, -0.25) is 24.5 Å². The molecule has 0 saturated carbocycles. The summed E-state index contributed by atoms with van der Waals surface area (Å²) >= 11 is 0. The zero-order valence-electron chi connectivity index (χ0n) is 20.6. The Morgan fingerprint density at radius 1 is 1.08 bits per heavy atom. The number of hydrogen-bond acceptors (Lipinski definition) is 6. The number of carbonyl (C=O) groups is 4. The van der Waals surface area contributed by atoms with Crippen LogP contribution >= 0.6 is 0 Å². The van der Waals surface area contributed by atoms with E-state index >= 15 is 0 Å². The summed E-state index contributed by atoms with van der Waals surface area (Å²) < 4.78 is 11.2. The molecule has 3 heterocycles. The molecule has 0 aliphatic carbocycles. The second-order valence-corrected chi connectivity index (χ2v) is 9.54. The zero-order chi connectivity index (χ0) is 27.2. The largest absolute Gasteiger partial charge is 0.502 e. The van der Waals surface area contributed by atoms with Gasteiger partial charge in [-0.25, -0.2) is 0 Å². The third kappa shape index (κ3) is 4.75. The molecular formula is C25H21B4N3O6. The van der Waals surface area contributed by atoms with Gasteiger partial charge in [0.25, 0.3) is 5.91 Å². The maximum atomic E-state index is 13.1. The quantitative estimate of drug-likeness (QED) is 0.359. The highest BCUT2D eigenvalue weighted by Crippen LogP contribution is 2.35. The minimum Gasteiger partial charge on any atom is -0.502 e. The number of nitrogens with zero attached hydrogens (tertiary/aromatic N) is 2. The van der Waals surface area contributed by atoms with Crippen molar-refractivity contribution in [2.45, 2.75) is 37.4 Å². The second-order valence-electron chi connectivity index (χ2n) is 9.54. The molecule has 2 fully saturated rings. The fraction of sp³-hybridized carbons (Fsp3) is 0.360. The maximum absolute atomic E-state index is 13.1. The maximum Gasteiger partial charge on any atom is 0.255 e. The molecule has 8 radical (unpaired) electrons. The van der Waals surface area contributed by atoms with Gasteiger partial charge in [-0.05, 0) is 29.7 Å². The van der Waals surface area contributed by atoms with Gasteiger partial charge in [0, 0.05) is 36.0 Å². The van der Waals surface area contributed by atoms with E-state index in [1.54, 1.807) is 35.2 Å². The SMILES string of the molecule is [B]c1c(CN2CCOCC2=O)ccc(C([B])([B])Oc2cccc3c2CN(C2CCC(=O)NC2=O)C3=O)c1[B]. The Labute approximate surface area is 225 Å². The highest BCUT2D eigenvalue weighted by molar-refractivity contribution is 6.51. The Morgan fingerprint density at radius 2 is 1.87 bits per heavy atom. The number of morpholine rings is 1. The number of imide groups is 1. The Bertz CT molecular complexity index is 1350. The van der Waals surface area contributed by atoms with E-state index in [0.29, 0.717) is 29.8 Å². The van der Waals surface area contributed by atoms with Gasteiger partial charge in [-0.1, -0.05) is 29.1 Å². The molecular weight excluding hydrogens is 482 g/mol. The van der Waals surface area contributed by atoms with Crippen LogP contribution in [0.1, 0.15) is 39.9 Å². The van der Waals surface area contributed by atoms with E-state index in [1.807, 2.05) is 0 Å². The summed E-state index contributed by atoms with van der Waals surface area (Å²) in [6.45, 7) is 1.23. The molecule has 3 aliphatic rings. The molecule has 0 bridgehead atoms. The van der Waals surface area contributed by atoms with Crippen LogP contribution in [0.3, 0.4) is 0 Å². The first kappa shape index (κ1) is 26.2.